The molecule has 20 heavy (non-hydrogen) atoms. The van der Waals surface area contributed by atoms with E-state index >= 15 is 0 Å². The zero-order valence-electron chi connectivity index (χ0n) is 11.5. The average Bonchev–Trinajstić information content (AvgIpc) is 2.76. The summed E-state index contributed by atoms with van der Waals surface area (Å²) in [5, 5.41) is 7.38. The first-order valence-corrected chi connectivity index (χ1v) is 6.94. The lowest BCUT2D eigenvalue weighted by molar-refractivity contribution is 0.0378. The number of nitrogens with zero attached hydrogens (tertiary/aromatic N) is 2. The fourth-order valence-electron chi connectivity index (χ4n) is 1.52. The van der Waals surface area contributed by atoms with Gasteiger partial charge in [0.05, 0.1) is 11.7 Å². The maximum absolute atomic E-state index is 11.8. The summed E-state index contributed by atoms with van der Waals surface area (Å²) in [5.41, 5.74) is 6.88. The SMILES string of the molecule is Cc1nc(Sc2ccc(C(=O)OC(C)C)cc2N)n[nH]1. The van der Waals surface area contributed by atoms with Gasteiger partial charge in [0.15, 0.2) is 0 Å². The lowest BCUT2D eigenvalue weighted by Gasteiger charge is -2.09. The number of aryl methyl sites for hydroxylation is 1. The standard InChI is InChI=1S/C13H16N4O2S/c1-7(2)19-12(18)9-4-5-11(10(14)6-9)20-13-15-8(3)16-17-13/h4-7H,14H2,1-3H3,(H,15,16,17). The van der Waals surface area contributed by atoms with Crippen molar-refractivity contribution < 1.29 is 9.53 Å². The van der Waals surface area contributed by atoms with E-state index in [0.717, 1.165) is 10.7 Å². The molecule has 0 fully saturated rings. The number of rotatable bonds is 4. The Balaban J connectivity index is 2.15. The molecule has 106 valence electrons. The minimum atomic E-state index is -0.378. The number of hydrogen-bond donors (Lipinski definition) is 2. The van der Waals surface area contributed by atoms with Crippen molar-refractivity contribution in [3.05, 3.63) is 29.6 Å². The van der Waals surface area contributed by atoms with E-state index < -0.39 is 0 Å². The third-order valence-electron chi connectivity index (χ3n) is 2.37. The highest BCUT2D eigenvalue weighted by Crippen LogP contribution is 2.30. The normalized spacial score (nSPS) is 10.8. The van der Waals surface area contributed by atoms with Crippen LogP contribution in [0.2, 0.25) is 0 Å². The van der Waals surface area contributed by atoms with Crippen LogP contribution in [0.3, 0.4) is 0 Å². The van der Waals surface area contributed by atoms with Gasteiger partial charge in [0.25, 0.3) is 0 Å². The Morgan fingerprint density at radius 1 is 1.45 bits per heavy atom. The van der Waals surface area contributed by atoms with Gasteiger partial charge in [-0.2, -0.15) is 0 Å². The van der Waals surface area contributed by atoms with Crippen LogP contribution in [0, 0.1) is 6.92 Å². The third kappa shape index (κ3) is 3.51. The minimum absolute atomic E-state index is 0.158. The number of nitrogen functional groups attached to an aromatic ring is 1. The Labute approximate surface area is 121 Å². The molecule has 0 amide bonds. The number of aromatic nitrogens is 3. The van der Waals surface area contributed by atoms with Crippen LogP contribution >= 0.6 is 11.8 Å². The summed E-state index contributed by atoms with van der Waals surface area (Å²) in [5.74, 6) is 0.361. The number of nitrogens with one attached hydrogen (secondary N) is 1. The van der Waals surface area contributed by atoms with Gasteiger partial charge in [-0.05, 0) is 50.7 Å². The molecule has 0 spiro atoms. The van der Waals surface area contributed by atoms with Crippen LogP contribution in [0.4, 0.5) is 5.69 Å². The molecule has 1 aromatic carbocycles. The molecule has 0 aliphatic rings. The molecule has 0 unspecified atom stereocenters. The van der Waals surface area contributed by atoms with Crippen LogP contribution in [0.25, 0.3) is 0 Å². The quantitative estimate of drug-likeness (QED) is 0.664. The highest BCUT2D eigenvalue weighted by atomic mass is 32.2. The summed E-state index contributed by atoms with van der Waals surface area (Å²) >= 11 is 1.34. The number of anilines is 1. The lowest BCUT2D eigenvalue weighted by atomic mass is 10.2. The van der Waals surface area contributed by atoms with Gasteiger partial charge in [0.1, 0.15) is 5.82 Å². The molecule has 2 aromatic rings. The fraction of sp³-hybridized carbons (Fsp3) is 0.308. The second-order valence-corrected chi connectivity index (χ2v) is 5.52. The van der Waals surface area contributed by atoms with Crippen LogP contribution in [0.1, 0.15) is 30.0 Å². The first-order chi connectivity index (χ1) is 9.45. The molecule has 0 atom stereocenters. The molecule has 1 heterocycles. The van der Waals surface area contributed by atoms with E-state index in [9.17, 15) is 4.79 Å². The maximum Gasteiger partial charge on any atom is 0.338 e. The number of benzene rings is 1. The fourth-order valence-corrected chi connectivity index (χ4v) is 2.30. The smallest absolute Gasteiger partial charge is 0.338 e. The highest BCUT2D eigenvalue weighted by Gasteiger charge is 2.12. The first kappa shape index (κ1) is 14.4. The van der Waals surface area contributed by atoms with Crippen molar-refractivity contribution in [2.45, 2.75) is 36.9 Å². The predicted molar refractivity (Wildman–Crippen MR) is 76.6 cm³/mol. The van der Waals surface area contributed by atoms with Crippen molar-refractivity contribution in [2.24, 2.45) is 0 Å². The van der Waals surface area contributed by atoms with E-state index in [1.54, 1.807) is 32.0 Å². The number of nitrogens with two attached hydrogens (primary N) is 1. The molecule has 3 N–H and O–H groups in total. The molecule has 6 nitrogen and oxygen atoms in total. The minimum Gasteiger partial charge on any atom is -0.459 e. The van der Waals surface area contributed by atoms with Crippen LogP contribution in [-0.4, -0.2) is 27.3 Å². The van der Waals surface area contributed by atoms with Crippen molar-refractivity contribution >= 4 is 23.4 Å². The number of carbonyl (C=O) groups is 1. The van der Waals surface area contributed by atoms with Gasteiger partial charge in [-0.15, -0.1) is 5.10 Å². The molecule has 0 bridgehead atoms. The Morgan fingerprint density at radius 2 is 2.20 bits per heavy atom. The molecule has 0 aliphatic carbocycles. The Hall–Kier alpha value is -2.02. The molecular formula is C13H16N4O2S. The second kappa shape index (κ2) is 5.96. The molecule has 0 saturated heterocycles. The summed E-state index contributed by atoms with van der Waals surface area (Å²) in [7, 11) is 0. The molecular weight excluding hydrogens is 276 g/mol. The van der Waals surface area contributed by atoms with E-state index in [-0.39, 0.29) is 12.1 Å². The van der Waals surface area contributed by atoms with Crippen molar-refractivity contribution in [2.75, 3.05) is 5.73 Å². The van der Waals surface area contributed by atoms with Gasteiger partial charge in [-0.1, -0.05) is 0 Å². The van der Waals surface area contributed by atoms with Crippen molar-refractivity contribution in [3.8, 4) is 0 Å². The van der Waals surface area contributed by atoms with Gasteiger partial charge in [-0.25, -0.2) is 9.78 Å². The van der Waals surface area contributed by atoms with Gasteiger partial charge < -0.3 is 10.5 Å². The van der Waals surface area contributed by atoms with Crippen molar-refractivity contribution in [3.63, 3.8) is 0 Å². The van der Waals surface area contributed by atoms with E-state index in [2.05, 4.69) is 15.2 Å². The van der Waals surface area contributed by atoms with E-state index in [4.69, 9.17) is 10.5 Å². The van der Waals surface area contributed by atoms with Crippen LogP contribution in [0.15, 0.2) is 28.3 Å². The van der Waals surface area contributed by atoms with E-state index in [1.807, 2.05) is 6.92 Å². The molecule has 1 aromatic heterocycles. The predicted octanol–water partition coefficient (Wildman–Crippen LogP) is 2.41. The number of aromatic amines is 1. The van der Waals surface area contributed by atoms with Crippen LogP contribution in [-0.2, 0) is 4.74 Å². The number of esters is 1. The molecule has 7 heteroatoms. The Bertz CT molecular complexity index is 625. The first-order valence-electron chi connectivity index (χ1n) is 6.13. The summed E-state index contributed by atoms with van der Waals surface area (Å²) in [6.45, 7) is 5.43. The summed E-state index contributed by atoms with van der Waals surface area (Å²) in [6, 6.07) is 5.05. The van der Waals surface area contributed by atoms with E-state index in [1.165, 1.54) is 11.8 Å². The van der Waals surface area contributed by atoms with Gasteiger partial charge in [-0.3, -0.25) is 5.10 Å². The summed E-state index contributed by atoms with van der Waals surface area (Å²) in [4.78, 5) is 16.8. The lowest BCUT2D eigenvalue weighted by Crippen LogP contribution is -2.11. The average molecular weight is 292 g/mol. The monoisotopic (exact) mass is 292 g/mol. The summed E-state index contributed by atoms with van der Waals surface area (Å²) < 4.78 is 5.12. The molecule has 2 rings (SSSR count). The van der Waals surface area contributed by atoms with Gasteiger partial charge in [0, 0.05) is 10.6 Å². The molecule has 0 aliphatic heterocycles. The second-order valence-electron chi connectivity index (χ2n) is 4.51. The zero-order chi connectivity index (χ0) is 14.7. The van der Waals surface area contributed by atoms with Gasteiger partial charge in [0.2, 0.25) is 5.16 Å². The van der Waals surface area contributed by atoms with Crippen molar-refractivity contribution in [1.82, 2.24) is 15.2 Å². The van der Waals surface area contributed by atoms with E-state index in [0.29, 0.717) is 16.4 Å². The number of hydrogen-bond acceptors (Lipinski definition) is 6. The summed E-state index contributed by atoms with van der Waals surface area (Å²) in [6.07, 6.45) is -0.158. The van der Waals surface area contributed by atoms with Crippen LogP contribution < -0.4 is 5.73 Å². The number of ether oxygens (including phenoxy) is 1. The van der Waals surface area contributed by atoms with Crippen LogP contribution in [0.5, 0.6) is 0 Å². The number of carbonyl (C=O) groups excluding carboxylic acids is 1. The maximum atomic E-state index is 11.8. The van der Waals surface area contributed by atoms with Gasteiger partial charge >= 0.3 is 5.97 Å². The largest absolute Gasteiger partial charge is 0.459 e. The topological polar surface area (TPSA) is 93.9 Å². The Morgan fingerprint density at radius 3 is 2.75 bits per heavy atom. The third-order valence-corrected chi connectivity index (χ3v) is 3.32. The Kier molecular flexibility index (Phi) is 4.29. The van der Waals surface area contributed by atoms with Crippen molar-refractivity contribution in [1.29, 1.82) is 0 Å². The highest BCUT2D eigenvalue weighted by molar-refractivity contribution is 7.99. The number of H-pyrrole nitrogens is 1. The zero-order valence-corrected chi connectivity index (χ0v) is 12.3. The molecule has 0 saturated carbocycles. The molecule has 0 radical (unpaired) electrons.